The van der Waals surface area contributed by atoms with Crippen molar-refractivity contribution in [1.82, 2.24) is 14.7 Å². The van der Waals surface area contributed by atoms with Gasteiger partial charge in [-0.05, 0) is 42.4 Å². The number of amides is 2. The first-order valence-corrected chi connectivity index (χ1v) is 11.7. The van der Waals surface area contributed by atoms with Gasteiger partial charge in [0.15, 0.2) is 5.69 Å². The van der Waals surface area contributed by atoms with E-state index in [1.54, 1.807) is 16.8 Å². The molecule has 1 fully saturated rings. The van der Waals surface area contributed by atoms with Crippen molar-refractivity contribution in [3.8, 4) is 11.3 Å². The fraction of sp³-hybridized carbons (Fsp3) is 0.308. The summed E-state index contributed by atoms with van der Waals surface area (Å²) in [6.07, 6.45) is 2.44. The van der Waals surface area contributed by atoms with Crippen LogP contribution in [0.1, 0.15) is 46.8 Å². The highest BCUT2D eigenvalue weighted by atomic mass is 35.5. The number of carbonyl (C=O) groups is 2. The van der Waals surface area contributed by atoms with Crippen LogP contribution in [0, 0.1) is 12.5 Å². The molecule has 2 amide bonds. The minimum absolute atomic E-state index is 0.0963. The maximum Gasteiger partial charge on any atom is 0.252 e. The quantitative estimate of drug-likeness (QED) is 0.541. The third-order valence-corrected chi connectivity index (χ3v) is 7.10. The van der Waals surface area contributed by atoms with E-state index >= 15 is 0 Å². The number of nitrogens with two attached hydrogens (primary N) is 1. The smallest absolute Gasteiger partial charge is 0.252 e. The van der Waals surface area contributed by atoms with E-state index in [2.05, 4.69) is 9.94 Å². The van der Waals surface area contributed by atoms with Crippen molar-refractivity contribution >= 4 is 29.1 Å². The zero-order valence-electron chi connectivity index (χ0n) is 18.6. The Morgan fingerprint density at radius 2 is 1.91 bits per heavy atom. The van der Waals surface area contributed by atoms with Gasteiger partial charge in [0.05, 0.1) is 30.9 Å². The Kier molecular flexibility index (Phi) is 5.84. The molecule has 3 aromatic rings. The number of halogens is 1. The highest BCUT2D eigenvalue weighted by Crippen LogP contribution is 2.44. The molecule has 7 nitrogen and oxygen atoms in total. The summed E-state index contributed by atoms with van der Waals surface area (Å²) in [6, 6.07) is 14.9. The largest absolute Gasteiger partial charge is 0.365 e. The van der Waals surface area contributed by atoms with Crippen molar-refractivity contribution in [3.63, 3.8) is 0 Å². The Balaban J connectivity index is 1.26. The number of aromatic nitrogens is 2. The zero-order valence-corrected chi connectivity index (χ0v) is 19.3. The Hall–Kier alpha value is -3.63. The molecule has 1 aromatic heterocycles. The third kappa shape index (κ3) is 4.17. The Bertz CT molecular complexity index is 1300. The molecule has 1 saturated carbocycles. The molecule has 0 bridgehead atoms. The molecule has 2 aromatic carbocycles. The van der Waals surface area contributed by atoms with Crippen LogP contribution in [0.2, 0.25) is 5.02 Å². The van der Waals surface area contributed by atoms with Crippen molar-refractivity contribution in [2.24, 2.45) is 11.7 Å². The molecule has 0 atom stereocenters. The Morgan fingerprint density at radius 3 is 2.59 bits per heavy atom. The van der Waals surface area contributed by atoms with Gasteiger partial charge < -0.3 is 10.6 Å². The van der Waals surface area contributed by atoms with E-state index in [4.69, 9.17) is 23.9 Å². The van der Waals surface area contributed by atoms with Crippen molar-refractivity contribution < 1.29 is 9.59 Å². The summed E-state index contributed by atoms with van der Waals surface area (Å²) < 4.78 is 1.78. The molecule has 0 saturated heterocycles. The molecule has 2 N–H and O–H groups in total. The van der Waals surface area contributed by atoms with Gasteiger partial charge >= 0.3 is 0 Å². The first-order chi connectivity index (χ1) is 16.4. The third-order valence-electron chi connectivity index (χ3n) is 6.87. The lowest BCUT2D eigenvalue weighted by molar-refractivity contribution is -0.134. The van der Waals surface area contributed by atoms with E-state index in [-0.39, 0.29) is 5.91 Å². The van der Waals surface area contributed by atoms with Crippen LogP contribution in [0.4, 0.5) is 5.69 Å². The van der Waals surface area contributed by atoms with Crippen LogP contribution in [-0.2, 0) is 17.9 Å². The maximum absolute atomic E-state index is 13.1. The number of primary amides is 1. The predicted octanol–water partition coefficient (Wildman–Crippen LogP) is 4.78. The van der Waals surface area contributed by atoms with Gasteiger partial charge in [0.25, 0.3) is 5.91 Å². The van der Waals surface area contributed by atoms with Gasteiger partial charge in [-0.2, -0.15) is 5.10 Å². The number of hydrogen-bond donors (Lipinski definition) is 1. The van der Waals surface area contributed by atoms with Gasteiger partial charge in [-0.1, -0.05) is 48.0 Å². The van der Waals surface area contributed by atoms with Gasteiger partial charge in [0, 0.05) is 23.6 Å². The van der Waals surface area contributed by atoms with Crippen LogP contribution in [0.5, 0.6) is 0 Å². The first-order valence-electron chi connectivity index (χ1n) is 11.3. The van der Waals surface area contributed by atoms with Crippen LogP contribution in [0.3, 0.4) is 0 Å². The molecule has 172 valence electrons. The lowest BCUT2D eigenvalue weighted by Crippen LogP contribution is -2.40. The molecule has 0 unspecified atom stereocenters. The zero-order chi connectivity index (χ0) is 23.8. The Morgan fingerprint density at radius 1 is 1.15 bits per heavy atom. The number of carbonyl (C=O) groups excluding carboxylic acids is 2. The second kappa shape index (κ2) is 8.96. The van der Waals surface area contributed by atoms with Crippen LogP contribution >= 0.6 is 11.6 Å². The van der Waals surface area contributed by atoms with Gasteiger partial charge in [-0.25, -0.2) is 4.85 Å². The van der Waals surface area contributed by atoms with E-state index in [0.29, 0.717) is 65.6 Å². The molecule has 8 heteroatoms. The fourth-order valence-corrected chi connectivity index (χ4v) is 5.19. The van der Waals surface area contributed by atoms with Crippen LogP contribution in [0.25, 0.3) is 16.1 Å². The lowest BCUT2D eigenvalue weighted by atomic mass is 9.70. The molecule has 34 heavy (non-hydrogen) atoms. The number of hydrogen-bond acceptors (Lipinski definition) is 3. The number of rotatable bonds is 5. The standard InChI is InChI=1S/C26H24ClN5O2/c1-29-21-7-5-17(6-8-21)19-11-16(12-19)13-23(33)31-9-10-32-22(15-31)24(26(28)34)25(30-32)18-3-2-4-20(27)14-18/h2-8,14,16,19H,9-13,15H2,(H2,28,34). The minimum atomic E-state index is -0.559. The lowest BCUT2D eigenvalue weighted by Gasteiger charge is -2.37. The highest BCUT2D eigenvalue weighted by Gasteiger charge is 2.35. The van der Waals surface area contributed by atoms with E-state index in [0.717, 1.165) is 18.4 Å². The molecular formula is C26H24ClN5O2. The molecule has 0 spiro atoms. The highest BCUT2D eigenvalue weighted by molar-refractivity contribution is 6.30. The summed E-state index contributed by atoms with van der Waals surface area (Å²) in [6.45, 7) is 8.45. The molecule has 2 aliphatic rings. The summed E-state index contributed by atoms with van der Waals surface area (Å²) >= 11 is 6.13. The minimum Gasteiger partial charge on any atom is -0.365 e. The Labute approximate surface area is 202 Å². The number of fused-ring (bicyclic) bond motifs is 1. The summed E-state index contributed by atoms with van der Waals surface area (Å²) in [5.74, 6) is 0.333. The monoisotopic (exact) mass is 473 g/mol. The van der Waals surface area contributed by atoms with Crippen LogP contribution < -0.4 is 5.73 Å². The summed E-state index contributed by atoms with van der Waals surface area (Å²) in [4.78, 5) is 30.7. The SMILES string of the molecule is [C-]#[N+]c1ccc(C2CC(CC(=O)N3CCn4nc(-c5cccc(Cl)c5)c(C(N)=O)c4C3)C2)cc1. The molecule has 1 aliphatic carbocycles. The fourth-order valence-electron chi connectivity index (χ4n) is 5.00. The van der Waals surface area contributed by atoms with Gasteiger partial charge in [0.2, 0.25) is 5.91 Å². The topological polar surface area (TPSA) is 85.6 Å². The molecule has 5 rings (SSSR count). The van der Waals surface area contributed by atoms with Crippen LogP contribution in [-0.4, -0.2) is 33.0 Å². The van der Waals surface area contributed by atoms with Crippen molar-refractivity contribution in [3.05, 3.63) is 81.8 Å². The van der Waals surface area contributed by atoms with Crippen molar-refractivity contribution in [2.45, 2.75) is 38.3 Å². The normalized spacial score (nSPS) is 19.1. The molecule has 2 heterocycles. The van der Waals surface area contributed by atoms with E-state index in [1.165, 1.54) is 5.56 Å². The van der Waals surface area contributed by atoms with Gasteiger partial charge in [-0.3, -0.25) is 14.3 Å². The second-order valence-electron chi connectivity index (χ2n) is 9.03. The summed E-state index contributed by atoms with van der Waals surface area (Å²) in [5, 5.41) is 5.17. The number of nitrogens with zero attached hydrogens (tertiary/aromatic N) is 4. The molecule has 1 aliphatic heterocycles. The maximum atomic E-state index is 13.1. The average Bonchev–Trinajstić information content (AvgIpc) is 3.20. The number of benzene rings is 2. The van der Waals surface area contributed by atoms with E-state index < -0.39 is 5.91 Å². The molecular weight excluding hydrogens is 450 g/mol. The van der Waals surface area contributed by atoms with Crippen molar-refractivity contribution in [1.29, 1.82) is 0 Å². The summed E-state index contributed by atoms with van der Waals surface area (Å²) in [7, 11) is 0. The van der Waals surface area contributed by atoms with E-state index in [9.17, 15) is 9.59 Å². The van der Waals surface area contributed by atoms with Crippen LogP contribution in [0.15, 0.2) is 48.5 Å². The second-order valence-corrected chi connectivity index (χ2v) is 9.46. The average molecular weight is 474 g/mol. The first kappa shape index (κ1) is 22.2. The van der Waals surface area contributed by atoms with Gasteiger partial charge in [0.1, 0.15) is 5.69 Å². The van der Waals surface area contributed by atoms with Gasteiger partial charge in [-0.15, -0.1) is 0 Å². The van der Waals surface area contributed by atoms with E-state index in [1.807, 2.05) is 41.3 Å². The predicted molar refractivity (Wildman–Crippen MR) is 129 cm³/mol. The van der Waals surface area contributed by atoms with Crippen molar-refractivity contribution in [2.75, 3.05) is 6.54 Å². The molecule has 0 radical (unpaired) electrons. The summed E-state index contributed by atoms with van der Waals surface area (Å²) in [5.41, 5.74) is 9.88.